The summed E-state index contributed by atoms with van der Waals surface area (Å²) in [6.07, 6.45) is 5.32. The molecular formula is C15H25N3OS. The molecule has 1 heterocycles. The maximum atomic E-state index is 5.25. The van der Waals surface area contributed by atoms with E-state index in [2.05, 4.69) is 24.2 Å². The molecule has 2 aliphatic carbocycles. The van der Waals surface area contributed by atoms with Crippen molar-refractivity contribution in [3.8, 4) is 0 Å². The summed E-state index contributed by atoms with van der Waals surface area (Å²) in [5.74, 6) is 0.724. The van der Waals surface area contributed by atoms with Crippen molar-refractivity contribution in [3.63, 3.8) is 0 Å². The predicted molar refractivity (Wildman–Crippen MR) is 83.7 cm³/mol. The second-order valence-corrected chi connectivity index (χ2v) is 7.21. The minimum Gasteiger partial charge on any atom is -0.383 e. The number of thiazole rings is 1. The number of hydrogen-bond donors (Lipinski definition) is 1. The molecule has 4 nitrogen and oxygen atoms in total. The van der Waals surface area contributed by atoms with Gasteiger partial charge in [0.2, 0.25) is 0 Å². The zero-order chi connectivity index (χ0) is 14.1. The van der Waals surface area contributed by atoms with E-state index in [1.807, 2.05) is 11.3 Å². The van der Waals surface area contributed by atoms with Crippen LogP contribution in [0.25, 0.3) is 0 Å². The van der Waals surface area contributed by atoms with Gasteiger partial charge >= 0.3 is 0 Å². The van der Waals surface area contributed by atoms with E-state index in [9.17, 15) is 0 Å². The van der Waals surface area contributed by atoms with Crippen LogP contribution in [-0.2, 0) is 11.3 Å². The maximum Gasteiger partial charge on any atom is 0.185 e. The first-order chi connectivity index (χ1) is 9.69. The van der Waals surface area contributed by atoms with E-state index in [4.69, 9.17) is 9.72 Å². The largest absolute Gasteiger partial charge is 0.383 e. The summed E-state index contributed by atoms with van der Waals surface area (Å²) in [5.41, 5.74) is 1.36. The Morgan fingerprint density at radius 3 is 2.75 bits per heavy atom. The van der Waals surface area contributed by atoms with E-state index in [0.717, 1.165) is 30.2 Å². The number of likely N-dealkylation sites (N-methyl/N-ethyl adjacent to an activating group) is 1. The van der Waals surface area contributed by atoms with Crippen molar-refractivity contribution >= 4 is 16.5 Å². The van der Waals surface area contributed by atoms with Crippen LogP contribution in [0, 0.1) is 0 Å². The lowest BCUT2D eigenvalue weighted by Gasteiger charge is -2.23. The third kappa shape index (κ3) is 3.32. The molecule has 1 aromatic rings. The third-order valence-corrected chi connectivity index (χ3v) is 5.34. The molecule has 2 fully saturated rings. The molecule has 0 bridgehead atoms. The molecule has 112 valence electrons. The first-order valence-electron chi connectivity index (χ1n) is 7.63. The summed E-state index contributed by atoms with van der Waals surface area (Å²) >= 11 is 1.86. The summed E-state index contributed by atoms with van der Waals surface area (Å²) < 4.78 is 5.25. The molecule has 0 aliphatic heterocycles. The number of aromatic nitrogens is 1. The second-order valence-electron chi connectivity index (χ2n) is 6.15. The quantitative estimate of drug-likeness (QED) is 0.800. The van der Waals surface area contributed by atoms with Gasteiger partial charge in [0, 0.05) is 37.5 Å². The van der Waals surface area contributed by atoms with Crippen LogP contribution in [0.15, 0.2) is 0 Å². The van der Waals surface area contributed by atoms with E-state index in [1.165, 1.54) is 36.3 Å². The summed E-state index contributed by atoms with van der Waals surface area (Å²) in [6.45, 7) is 3.93. The van der Waals surface area contributed by atoms with Crippen molar-refractivity contribution in [1.82, 2.24) is 10.3 Å². The van der Waals surface area contributed by atoms with Crippen molar-refractivity contribution in [1.29, 1.82) is 0 Å². The third-order valence-electron chi connectivity index (χ3n) is 4.18. The summed E-state index contributed by atoms with van der Waals surface area (Å²) in [4.78, 5) is 8.62. The molecule has 0 aromatic carbocycles. The summed E-state index contributed by atoms with van der Waals surface area (Å²) in [7, 11) is 3.88. The normalized spacial score (nSPS) is 20.1. The highest BCUT2D eigenvalue weighted by Crippen LogP contribution is 2.44. The fourth-order valence-corrected chi connectivity index (χ4v) is 3.53. The van der Waals surface area contributed by atoms with Gasteiger partial charge in [0.05, 0.1) is 18.3 Å². The lowest BCUT2D eigenvalue weighted by molar-refractivity contribution is 0.183. The minimum absolute atomic E-state index is 0.363. The van der Waals surface area contributed by atoms with Crippen LogP contribution in [-0.4, -0.2) is 37.8 Å². The molecule has 1 aromatic heterocycles. The highest BCUT2D eigenvalue weighted by Gasteiger charge is 2.31. The first kappa shape index (κ1) is 14.3. The van der Waals surface area contributed by atoms with Crippen molar-refractivity contribution in [2.24, 2.45) is 0 Å². The number of hydrogen-bond acceptors (Lipinski definition) is 5. The number of nitrogens with zero attached hydrogens (tertiary/aromatic N) is 2. The van der Waals surface area contributed by atoms with E-state index >= 15 is 0 Å². The summed E-state index contributed by atoms with van der Waals surface area (Å²) in [6, 6.07) is 1.13. The Morgan fingerprint density at radius 2 is 2.15 bits per heavy atom. The van der Waals surface area contributed by atoms with E-state index in [0.29, 0.717) is 6.04 Å². The zero-order valence-electron chi connectivity index (χ0n) is 12.7. The Balaban J connectivity index is 1.71. The molecule has 1 unspecified atom stereocenters. The van der Waals surface area contributed by atoms with Crippen LogP contribution in [0.1, 0.15) is 49.1 Å². The second kappa shape index (κ2) is 6.00. The Labute approximate surface area is 125 Å². The molecule has 0 saturated heterocycles. The average Bonchev–Trinajstić information content (AvgIpc) is 3.35. The Kier molecular flexibility index (Phi) is 4.29. The Morgan fingerprint density at radius 1 is 1.40 bits per heavy atom. The molecule has 0 amide bonds. The molecule has 1 N–H and O–H groups in total. The lowest BCUT2D eigenvalue weighted by Crippen LogP contribution is -2.32. The van der Waals surface area contributed by atoms with Crippen LogP contribution in [0.5, 0.6) is 0 Å². The number of rotatable bonds is 8. The standard InChI is InChI=1S/C15H25N3OS/c1-10(9-19-3)18(2)15-17-14(11-4-5-11)13(20-15)8-16-12-6-7-12/h10-12,16H,4-9H2,1-3H3. The van der Waals surface area contributed by atoms with Gasteiger partial charge in [0.15, 0.2) is 5.13 Å². The van der Waals surface area contributed by atoms with Gasteiger partial charge in [-0.2, -0.15) is 0 Å². The summed E-state index contributed by atoms with van der Waals surface area (Å²) in [5, 5.41) is 4.77. The van der Waals surface area contributed by atoms with Gasteiger partial charge in [0.1, 0.15) is 0 Å². The molecule has 1 atom stereocenters. The van der Waals surface area contributed by atoms with Crippen molar-refractivity contribution < 1.29 is 4.74 Å². The van der Waals surface area contributed by atoms with Crippen molar-refractivity contribution in [2.45, 2.75) is 57.2 Å². The van der Waals surface area contributed by atoms with E-state index in [1.54, 1.807) is 7.11 Å². The number of anilines is 1. The van der Waals surface area contributed by atoms with Crippen LogP contribution in [0.3, 0.4) is 0 Å². The van der Waals surface area contributed by atoms with E-state index < -0.39 is 0 Å². The molecule has 20 heavy (non-hydrogen) atoms. The van der Waals surface area contributed by atoms with Gasteiger partial charge in [-0.1, -0.05) is 0 Å². The molecule has 0 spiro atoms. The first-order valence-corrected chi connectivity index (χ1v) is 8.45. The van der Waals surface area contributed by atoms with Crippen molar-refractivity contribution in [3.05, 3.63) is 10.6 Å². The van der Waals surface area contributed by atoms with E-state index in [-0.39, 0.29) is 0 Å². The van der Waals surface area contributed by atoms with Crippen LogP contribution in [0.4, 0.5) is 5.13 Å². The van der Waals surface area contributed by atoms with Gasteiger partial charge in [-0.3, -0.25) is 0 Å². The molecule has 5 heteroatoms. The highest BCUT2D eigenvalue weighted by atomic mass is 32.1. The smallest absolute Gasteiger partial charge is 0.185 e. The highest BCUT2D eigenvalue weighted by molar-refractivity contribution is 7.15. The number of nitrogens with one attached hydrogen (secondary N) is 1. The van der Waals surface area contributed by atoms with Gasteiger partial charge in [-0.25, -0.2) is 4.98 Å². The molecule has 2 aliphatic rings. The zero-order valence-corrected chi connectivity index (χ0v) is 13.5. The van der Waals surface area contributed by atoms with Gasteiger partial charge in [-0.15, -0.1) is 11.3 Å². The monoisotopic (exact) mass is 295 g/mol. The molecule has 0 radical (unpaired) electrons. The lowest BCUT2D eigenvalue weighted by atomic mass is 10.2. The Hall–Kier alpha value is -0.650. The molecular weight excluding hydrogens is 270 g/mol. The van der Waals surface area contributed by atoms with Gasteiger partial charge in [-0.05, 0) is 32.6 Å². The number of ether oxygens (including phenoxy) is 1. The SMILES string of the molecule is COCC(C)N(C)c1nc(C2CC2)c(CNC2CC2)s1. The molecule has 3 rings (SSSR count). The average molecular weight is 295 g/mol. The van der Waals surface area contributed by atoms with Crippen LogP contribution < -0.4 is 10.2 Å². The predicted octanol–water partition coefficient (Wildman–Crippen LogP) is 2.74. The Bertz CT molecular complexity index is 454. The molecule has 2 saturated carbocycles. The van der Waals surface area contributed by atoms with Crippen LogP contribution in [0.2, 0.25) is 0 Å². The van der Waals surface area contributed by atoms with Gasteiger partial charge in [0.25, 0.3) is 0 Å². The maximum absolute atomic E-state index is 5.25. The van der Waals surface area contributed by atoms with Gasteiger partial charge < -0.3 is 15.0 Å². The number of methoxy groups -OCH3 is 1. The minimum atomic E-state index is 0.363. The van der Waals surface area contributed by atoms with Crippen LogP contribution >= 0.6 is 11.3 Å². The topological polar surface area (TPSA) is 37.4 Å². The fraction of sp³-hybridized carbons (Fsp3) is 0.800. The fourth-order valence-electron chi connectivity index (χ4n) is 2.37. The van der Waals surface area contributed by atoms with Crippen molar-refractivity contribution in [2.75, 3.05) is 25.7 Å².